The molecular weight excluding hydrogens is 400 g/mol. The van der Waals surface area contributed by atoms with Crippen LogP contribution in [0.5, 0.6) is 0 Å². The molecule has 0 saturated carbocycles. The smallest absolute Gasteiger partial charge is 0.243 e. The van der Waals surface area contributed by atoms with Gasteiger partial charge in [0.1, 0.15) is 11.2 Å². The average Bonchev–Trinajstić information content (AvgIpc) is 3.23. The zero-order chi connectivity index (χ0) is 21.0. The molecule has 1 atom stereocenters. The Morgan fingerprint density at radius 2 is 2.07 bits per heavy atom. The number of hydrogen-bond acceptors (Lipinski definition) is 3. The van der Waals surface area contributed by atoms with Gasteiger partial charge in [-0.2, -0.15) is 5.10 Å². The van der Waals surface area contributed by atoms with E-state index in [4.69, 9.17) is 11.6 Å². The first kappa shape index (κ1) is 18.6. The van der Waals surface area contributed by atoms with Crippen molar-refractivity contribution in [2.75, 3.05) is 16.8 Å². The zero-order valence-corrected chi connectivity index (χ0v) is 17.1. The van der Waals surface area contributed by atoms with Crippen molar-refractivity contribution in [3.05, 3.63) is 83.0 Å². The van der Waals surface area contributed by atoms with Crippen molar-refractivity contribution in [2.45, 2.75) is 18.8 Å². The molecule has 1 aromatic heterocycles. The van der Waals surface area contributed by atoms with Crippen LogP contribution >= 0.6 is 11.6 Å². The third kappa shape index (κ3) is 2.47. The first-order valence-corrected chi connectivity index (χ1v) is 10.0. The summed E-state index contributed by atoms with van der Waals surface area (Å²) in [6.07, 6.45) is 3.40. The number of carbonyl (C=O) groups is 2. The molecule has 3 aromatic rings. The van der Waals surface area contributed by atoms with Crippen LogP contribution in [0.2, 0.25) is 5.02 Å². The molecule has 6 nitrogen and oxygen atoms in total. The highest BCUT2D eigenvalue weighted by molar-refractivity contribution is 6.30. The van der Waals surface area contributed by atoms with Gasteiger partial charge in [0.2, 0.25) is 11.8 Å². The summed E-state index contributed by atoms with van der Waals surface area (Å²) in [5.74, 6) is 0.132. The molecule has 150 valence electrons. The standard InChI is InChI=1S/C23H19ClN4O2/c1-3-9-27-19-8-7-14(2)10-17(19)23(22(27)30)12-20(29)26-21-18(23)13-25-28(21)16-6-4-5-15(24)11-16/h3-8,10-11,13H,1,9,12H2,2H3,(H,26,29)/t23-/m0/s1. The molecule has 2 aromatic carbocycles. The summed E-state index contributed by atoms with van der Waals surface area (Å²) >= 11 is 6.16. The topological polar surface area (TPSA) is 67.2 Å². The SMILES string of the molecule is C=CCN1C(=O)[C@@]2(CC(=O)Nc3c2cnn3-c2cccc(Cl)c2)c2cc(C)ccc21. The molecule has 0 radical (unpaired) electrons. The van der Waals surface area contributed by atoms with Crippen LogP contribution in [-0.2, 0) is 15.0 Å². The average molecular weight is 419 g/mol. The molecule has 1 N–H and O–H groups in total. The number of nitrogens with zero attached hydrogens (tertiary/aromatic N) is 3. The molecule has 2 aliphatic rings. The van der Waals surface area contributed by atoms with Crippen LogP contribution in [0, 0.1) is 6.92 Å². The molecule has 7 heteroatoms. The lowest BCUT2D eigenvalue weighted by molar-refractivity contribution is -0.126. The zero-order valence-electron chi connectivity index (χ0n) is 16.4. The van der Waals surface area contributed by atoms with Gasteiger partial charge in [-0.1, -0.05) is 41.4 Å². The lowest BCUT2D eigenvalue weighted by atomic mass is 9.71. The lowest BCUT2D eigenvalue weighted by Gasteiger charge is -2.32. The molecule has 0 aliphatic carbocycles. The number of fused-ring (bicyclic) bond motifs is 4. The number of amides is 2. The monoisotopic (exact) mass is 418 g/mol. The van der Waals surface area contributed by atoms with E-state index >= 15 is 0 Å². The largest absolute Gasteiger partial charge is 0.310 e. The number of aryl methyl sites for hydroxylation is 1. The predicted octanol–water partition coefficient (Wildman–Crippen LogP) is 4.00. The van der Waals surface area contributed by atoms with E-state index in [0.717, 1.165) is 16.8 Å². The van der Waals surface area contributed by atoms with Crippen LogP contribution in [0.1, 0.15) is 23.1 Å². The first-order valence-electron chi connectivity index (χ1n) is 9.64. The maximum Gasteiger partial charge on any atom is 0.243 e. The summed E-state index contributed by atoms with van der Waals surface area (Å²) in [7, 11) is 0. The Balaban J connectivity index is 1.78. The van der Waals surface area contributed by atoms with Gasteiger partial charge in [-0.25, -0.2) is 4.68 Å². The molecular formula is C23H19ClN4O2. The van der Waals surface area contributed by atoms with Gasteiger partial charge in [0.05, 0.1) is 11.9 Å². The van der Waals surface area contributed by atoms with Crippen LogP contribution in [-0.4, -0.2) is 28.1 Å². The molecule has 5 rings (SSSR count). The minimum absolute atomic E-state index is 0.0319. The lowest BCUT2D eigenvalue weighted by Crippen LogP contribution is -2.46. The van der Waals surface area contributed by atoms with Gasteiger partial charge < -0.3 is 10.2 Å². The summed E-state index contributed by atoms with van der Waals surface area (Å²) in [4.78, 5) is 28.4. The highest BCUT2D eigenvalue weighted by Crippen LogP contribution is 2.52. The van der Waals surface area contributed by atoms with Gasteiger partial charge in [-0.3, -0.25) is 9.59 Å². The molecule has 30 heavy (non-hydrogen) atoms. The van der Waals surface area contributed by atoms with Crippen molar-refractivity contribution >= 4 is 34.9 Å². The minimum Gasteiger partial charge on any atom is -0.310 e. The molecule has 2 aliphatic heterocycles. The summed E-state index contributed by atoms with van der Waals surface area (Å²) < 4.78 is 1.62. The van der Waals surface area contributed by atoms with Crippen LogP contribution in [0.4, 0.5) is 11.5 Å². The molecule has 0 fully saturated rings. The second-order valence-corrected chi connectivity index (χ2v) is 8.09. The Labute approximate surface area is 178 Å². The van der Waals surface area contributed by atoms with Crippen molar-refractivity contribution < 1.29 is 9.59 Å². The summed E-state index contributed by atoms with van der Waals surface area (Å²) in [6.45, 7) is 6.14. The molecule has 0 unspecified atom stereocenters. The van der Waals surface area contributed by atoms with Gasteiger partial charge in [0.25, 0.3) is 0 Å². The fraction of sp³-hybridized carbons (Fsp3) is 0.174. The highest BCUT2D eigenvalue weighted by Gasteiger charge is 2.57. The fourth-order valence-corrected chi connectivity index (χ4v) is 4.71. The second kappa shape index (κ2) is 6.57. The maximum absolute atomic E-state index is 13.8. The van der Waals surface area contributed by atoms with E-state index in [0.29, 0.717) is 28.6 Å². The molecule has 0 saturated heterocycles. The number of halogens is 1. The fourth-order valence-electron chi connectivity index (χ4n) is 4.52. The Morgan fingerprint density at radius 3 is 2.83 bits per heavy atom. The number of aromatic nitrogens is 2. The Kier molecular flexibility index (Phi) is 4.08. The summed E-state index contributed by atoms with van der Waals surface area (Å²) in [5, 5.41) is 7.99. The number of rotatable bonds is 3. The Bertz CT molecular complexity index is 1230. The van der Waals surface area contributed by atoms with Crippen molar-refractivity contribution in [3.63, 3.8) is 0 Å². The Hall–Kier alpha value is -3.38. The van der Waals surface area contributed by atoms with Gasteiger partial charge in [-0.15, -0.1) is 6.58 Å². The number of nitrogens with one attached hydrogen (secondary N) is 1. The van der Waals surface area contributed by atoms with E-state index in [1.807, 2.05) is 37.3 Å². The van der Waals surface area contributed by atoms with Gasteiger partial charge in [-0.05, 0) is 36.8 Å². The number of hydrogen-bond donors (Lipinski definition) is 1. The molecule has 0 bridgehead atoms. The Morgan fingerprint density at radius 1 is 1.23 bits per heavy atom. The van der Waals surface area contributed by atoms with Gasteiger partial charge in [0.15, 0.2) is 0 Å². The number of benzene rings is 2. The van der Waals surface area contributed by atoms with E-state index in [1.165, 1.54) is 0 Å². The molecule has 2 amide bonds. The van der Waals surface area contributed by atoms with E-state index in [9.17, 15) is 9.59 Å². The van der Waals surface area contributed by atoms with E-state index in [-0.39, 0.29) is 18.2 Å². The maximum atomic E-state index is 13.8. The van der Waals surface area contributed by atoms with Crippen molar-refractivity contribution in [1.29, 1.82) is 0 Å². The van der Waals surface area contributed by atoms with E-state index < -0.39 is 5.41 Å². The van der Waals surface area contributed by atoms with Crippen molar-refractivity contribution in [1.82, 2.24) is 9.78 Å². The number of anilines is 2. The summed E-state index contributed by atoms with van der Waals surface area (Å²) in [6, 6.07) is 13.1. The van der Waals surface area contributed by atoms with Crippen LogP contribution in [0.15, 0.2) is 61.3 Å². The van der Waals surface area contributed by atoms with Crippen LogP contribution < -0.4 is 10.2 Å². The number of carbonyl (C=O) groups excluding carboxylic acids is 2. The summed E-state index contributed by atoms with van der Waals surface area (Å²) in [5.41, 5.74) is 2.94. The van der Waals surface area contributed by atoms with Crippen LogP contribution in [0.25, 0.3) is 5.69 Å². The van der Waals surface area contributed by atoms with Crippen molar-refractivity contribution in [2.24, 2.45) is 0 Å². The second-order valence-electron chi connectivity index (χ2n) is 7.65. The van der Waals surface area contributed by atoms with Gasteiger partial charge in [0, 0.05) is 29.2 Å². The van der Waals surface area contributed by atoms with E-state index in [1.54, 1.807) is 34.0 Å². The van der Waals surface area contributed by atoms with Gasteiger partial charge >= 0.3 is 0 Å². The third-order valence-electron chi connectivity index (χ3n) is 5.79. The predicted molar refractivity (Wildman–Crippen MR) is 116 cm³/mol. The third-order valence-corrected chi connectivity index (χ3v) is 6.02. The quantitative estimate of drug-likeness (QED) is 0.654. The normalized spacial score (nSPS) is 19.6. The molecule has 1 spiro atoms. The first-order chi connectivity index (χ1) is 14.5. The molecule has 3 heterocycles. The highest BCUT2D eigenvalue weighted by atomic mass is 35.5. The van der Waals surface area contributed by atoms with Crippen molar-refractivity contribution in [3.8, 4) is 5.69 Å². The van der Waals surface area contributed by atoms with Crippen LogP contribution in [0.3, 0.4) is 0 Å². The minimum atomic E-state index is -1.11. The van der Waals surface area contributed by atoms with E-state index in [2.05, 4.69) is 17.0 Å².